The van der Waals surface area contributed by atoms with Crippen LogP contribution in [0.1, 0.15) is 25.8 Å². The molecular formula is C16H24N2O3. The molecule has 21 heavy (non-hydrogen) atoms. The van der Waals surface area contributed by atoms with Crippen LogP contribution in [0.3, 0.4) is 0 Å². The second-order valence-electron chi connectivity index (χ2n) is 5.13. The van der Waals surface area contributed by atoms with E-state index in [0.29, 0.717) is 19.4 Å². The smallest absolute Gasteiger partial charge is 0.326 e. The molecule has 0 aliphatic rings. The van der Waals surface area contributed by atoms with Gasteiger partial charge in [-0.25, -0.2) is 4.79 Å². The number of rotatable bonds is 9. The van der Waals surface area contributed by atoms with E-state index in [1.807, 2.05) is 37.3 Å². The summed E-state index contributed by atoms with van der Waals surface area (Å²) in [6.45, 7) is 5.08. The Morgan fingerprint density at radius 1 is 1.24 bits per heavy atom. The number of benzene rings is 1. The summed E-state index contributed by atoms with van der Waals surface area (Å²) in [5.41, 5.74) is 1.07. The molecule has 1 rings (SSSR count). The summed E-state index contributed by atoms with van der Waals surface area (Å²) >= 11 is 0. The second-order valence-corrected chi connectivity index (χ2v) is 5.13. The molecule has 3 N–H and O–H groups in total. The van der Waals surface area contributed by atoms with E-state index in [9.17, 15) is 14.7 Å². The first-order valence-corrected chi connectivity index (χ1v) is 7.32. The monoisotopic (exact) mass is 292 g/mol. The fraction of sp³-hybridized carbons (Fsp3) is 0.500. The molecule has 2 atom stereocenters. The maximum absolute atomic E-state index is 12.0. The van der Waals surface area contributed by atoms with E-state index < -0.39 is 12.0 Å². The molecule has 0 saturated heterocycles. The molecule has 1 amide bonds. The third-order valence-corrected chi connectivity index (χ3v) is 3.33. The van der Waals surface area contributed by atoms with Gasteiger partial charge in [-0.05, 0) is 24.9 Å². The van der Waals surface area contributed by atoms with Crippen LogP contribution in [0.5, 0.6) is 0 Å². The molecule has 0 aliphatic carbocycles. The number of hydrogen-bond donors (Lipinski definition) is 3. The quantitative estimate of drug-likeness (QED) is 0.643. The summed E-state index contributed by atoms with van der Waals surface area (Å²) in [6.07, 6.45) is 1.01. The predicted molar refractivity (Wildman–Crippen MR) is 82.0 cm³/mol. The average molecular weight is 292 g/mol. The lowest BCUT2D eigenvalue weighted by atomic mass is 10.0. The zero-order chi connectivity index (χ0) is 15.7. The van der Waals surface area contributed by atoms with Crippen molar-refractivity contribution in [3.63, 3.8) is 0 Å². The summed E-state index contributed by atoms with van der Waals surface area (Å²) in [5.74, 6) is -1.46. The molecule has 1 aromatic carbocycles. The Morgan fingerprint density at radius 3 is 2.48 bits per heavy atom. The van der Waals surface area contributed by atoms with Crippen molar-refractivity contribution in [3.05, 3.63) is 35.9 Å². The molecule has 0 radical (unpaired) electrons. The van der Waals surface area contributed by atoms with E-state index in [4.69, 9.17) is 0 Å². The fourth-order valence-corrected chi connectivity index (χ4v) is 1.98. The van der Waals surface area contributed by atoms with Crippen molar-refractivity contribution in [2.75, 3.05) is 13.1 Å². The molecule has 5 heteroatoms. The van der Waals surface area contributed by atoms with Crippen LogP contribution < -0.4 is 10.6 Å². The third kappa shape index (κ3) is 6.40. The van der Waals surface area contributed by atoms with Crippen molar-refractivity contribution in [2.24, 2.45) is 5.92 Å². The highest BCUT2D eigenvalue weighted by atomic mass is 16.4. The minimum absolute atomic E-state index is 0.226. The lowest BCUT2D eigenvalue weighted by Crippen LogP contribution is -2.45. The van der Waals surface area contributed by atoms with Crippen molar-refractivity contribution in [2.45, 2.75) is 32.7 Å². The average Bonchev–Trinajstić information content (AvgIpc) is 2.49. The number of carbonyl (C=O) groups excluding carboxylic acids is 1. The van der Waals surface area contributed by atoms with Crippen LogP contribution in [0, 0.1) is 5.92 Å². The van der Waals surface area contributed by atoms with Crippen LogP contribution in [0.25, 0.3) is 0 Å². The fourth-order valence-electron chi connectivity index (χ4n) is 1.98. The molecule has 0 aromatic heterocycles. The van der Waals surface area contributed by atoms with E-state index in [0.717, 1.165) is 12.1 Å². The molecule has 0 bridgehead atoms. The Hall–Kier alpha value is -1.88. The topological polar surface area (TPSA) is 78.4 Å². The minimum Gasteiger partial charge on any atom is -0.480 e. The van der Waals surface area contributed by atoms with E-state index in [-0.39, 0.29) is 11.8 Å². The highest BCUT2D eigenvalue weighted by Gasteiger charge is 2.22. The SMILES string of the molecule is CCNCC(C)C(=O)NC(CCc1ccccc1)C(=O)O. The highest BCUT2D eigenvalue weighted by molar-refractivity contribution is 5.84. The first kappa shape index (κ1) is 17.2. The van der Waals surface area contributed by atoms with Gasteiger partial charge in [-0.2, -0.15) is 0 Å². The second kappa shape index (κ2) is 9.13. The largest absolute Gasteiger partial charge is 0.480 e. The van der Waals surface area contributed by atoms with Gasteiger partial charge in [0.1, 0.15) is 6.04 Å². The molecule has 0 saturated carbocycles. The molecule has 0 spiro atoms. The normalized spacial score (nSPS) is 13.4. The third-order valence-electron chi connectivity index (χ3n) is 3.33. The Labute approximate surface area is 125 Å². The van der Waals surface area contributed by atoms with Gasteiger partial charge in [0.2, 0.25) is 5.91 Å². The van der Waals surface area contributed by atoms with Crippen molar-refractivity contribution < 1.29 is 14.7 Å². The van der Waals surface area contributed by atoms with Crippen molar-refractivity contribution in [1.82, 2.24) is 10.6 Å². The van der Waals surface area contributed by atoms with Gasteiger partial charge in [0, 0.05) is 12.5 Å². The first-order chi connectivity index (χ1) is 10.0. The molecular weight excluding hydrogens is 268 g/mol. The number of nitrogens with one attached hydrogen (secondary N) is 2. The summed E-state index contributed by atoms with van der Waals surface area (Å²) in [5, 5.41) is 14.9. The standard InChI is InChI=1S/C16H24N2O3/c1-3-17-11-12(2)15(19)18-14(16(20)21)10-9-13-7-5-4-6-8-13/h4-8,12,14,17H,3,9-11H2,1-2H3,(H,18,19)(H,20,21). The number of aryl methyl sites for hydroxylation is 1. The number of hydrogen-bond acceptors (Lipinski definition) is 3. The summed E-state index contributed by atoms with van der Waals surface area (Å²) in [7, 11) is 0. The summed E-state index contributed by atoms with van der Waals surface area (Å²) in [6, 6.07) is 8.82. The maximum Gasteiger partial charge on any atom is 0.326 e. The van der Waals surface area contributed by atoms with Gasteiger partial charge in [0.15, 0.2) is 0 Å². The number of amides is 1. The lowest BCUT2D eigenvalue weighted by Gasteiger charge is -2.18. The van der Waals surface area contributed by atoms with Gasteiger partial charge in [0.25, 0.3) is 0 Å². The maximum atomic E-state index is 12.0. The Morgan fingerprint density at radius 2 is 1.90 bits per heavy atom. The zero-order valence-corrected chi connectivity index (χ0v) is 12.6. The highest BCUT2D eigenvalue weighted by Crippen LogP contribution is 2.06. The van der Waals surface area contributed by atoms with Crippen LogP contribution in [-0.2, 0) is 16.0 Å². The van der Waals surface area contributed by atoms with Crippen LogP contribution in [0.15, 0.2) is 30.3 Å². The van der Waals surface area contributed by atoms with Gasteiger partial charge in [-0.15, -0.1) is 0 Å². The summed E-state index contributed by atoms with van der Waals surface area (Å²) < 4.78 is 0. The molecule has 1 aromatic rings. The minimum atomic E-state index is -0.991. The van der Waals surface area contributed by atoms with Crippen LogP contribution in [-0.4, -0.2) is 36.1 Å². The van der Waals surface area contributed by atoms with Gasteiger partial charge in [-0.1, -0.05) is 44.2 Å². The molecule has 116 valence electrons. The number of aliphatic carboxylic acids is 1. The van der Waals surface area contributed by atoms with E-state index in [2.05, 4.69) is 10.6 Å². The van der Waals surface area contributed by atoms with Gasteiger partial charge < -0.3 is 15.7 Å². The van der Waals surface area contributed by atoms with Crippen molar-refractivity contribution in [3.8, 4) is 0 Å². The predicted octanol–water partition coefficient (Wildman–Crippen LogP) is 1.43. The Kier molecular flexibility index (Phi) is 7.46. The molecule has 2 unspecified atom stereocenters. The zero-order valence-electron chi connectivity index (χ0n) is 12.6. The molecule has 5 nitrogen and oxygen atoms in total. The number of carboxylic acid groups (broad SMARTS) is 1. The molecule has 0 heterocycles. The Bertz CT molecular complexity index is 448. The van der Waals surface area contributed by atoms with Crippen molar-refractivity contribution >= 4 is 11.9 Å². The molecule has 0 fully saturated rings. The lowest BCUT2D eigenvalue weighted by molar-refractivity contribution is -0.142. The first-order valence-electron chi connectivity index (χ1n) is 7.32. The van der Waals surface area contributed by atoms with Crippen LogP contribution in [0.2, 0.25) is 0 Å². The summed E-state index contributed by atoms with van der Waals surface area (Å²) in [4.78, 5) is 23.2. The number of carbonyl (C=O) groups is 2. The van der Waals surface area contributed by atoms with Gasteiger partial charge in [0.05, 0.1) is 0 Å². The Balaban J connectivity index is 2.50. The van der Waals surface area contributed by atoms with Crippen LogP contribution in [0.4, 0.5) is 0 Å². The van der Waals surface area contributed by atoms with E-state index >= 15 is 0 Å². The van der Waals surface area contributed by atoms with E-state index in [1.165, 1.54) is 0 Å². The van der Waals surface area contributed by atoms with Crippen molar-refractivity contribution in [1.29, 1.82) is 0 Å². The van der Waals surface area contributed by atoms with Gasteiger partial charge in [-0.3, -0.25) is 4.79 Å². The van der Waals surface area contributed by atoms with Gasteiger partial charge >= 0.3 is 5.97 Å². The van der Waals surface area contributed by atoms with Crippen LogP contribution >= 0.6 is 0 Å². The number of carboxylic acids is 1. The molecule has 0 aliphatic heterocycles. The van der Waals surface area contributed by atoms with E-state index in [1.54, 1.807) is 6.92 Å².